The quantitative estimate of drug-likeness (QED) is 0.122. The Kier molecular flexibility index (Phi) is 4.97. The minimum absolute atomic E-state index is 0.463. The van der Waals surface area contributed by atoms with Crippen molar-refractivity contribution in [3.8, 4) is 11.1 Å². The molecule has 40 heavy (non-hydrogen) atoms. The van der Waals surface area contributed by atoms with E-state index in [-0.39, 0.29) is 0 Å². The Labute approximate surface area is 236 Å². The third kappa shape index (κ3) is 3.25. The summed E-state index contributed by atoms with van der Waals surface area (Å²) in [6.07, 6.45) is 7.43. The number of aryl methyl sites for hydroxylation is 3. The van der Waals surface area contributed by atoms with E-state index in [1.165, 1.54) is 102 Å². The summed E-state index contributed by atoms with van der Waals surface area (Å²) in [5, 5.41) is 6.84. The van der Waals surface area contributed by atoms with Crippen molar-refractivity contribution in [3.63, 3.8) is 0 Å². The zero-order chi connectivity index (χ0) is 27.3. The summed E-state index contributed by atoms with van der Waals surface area (Å²) >= 11 is 0. The normalized spacial score (nSPS) is 16.3. The predicted molar refractivity (Wildman–Crippen MR) is 170 cm³/mol. The van der Waals surface area contributed by atoms with E-state index >= 15 is 0 Å². The molecule has 0 radical (unpaired) electrons. The van der Waals surface area contributed by atoms with Crippen LogP contribution in [0, 0.1) is 19.3 Å². The Hall–Kier alpha value is -3.91. The van der Waals surface area contributed by atoms with E-state index in [9.17, 15) is 0 Å². The Bertz CT molecular complexity index is 2100. The highest BCUT2D eigenvalue weighted by Crippen LogP contribution is 2.47. The molecule has 0 N–H and O–H groups in total. The fourth-order valence-electron chi connectivity index (χ4n) is 7.78. The number of hydrogen-bond acceptors (Lipinski definition) is 0. The van der Waals surface area contributed by atoms with E-state index in [0.717, 1.165) is 0 Å². The molecule has 2 nitrogen and oxygen atoms in total. The van der Waals surface area contributed by atoms with Crippen molar-refractivity contribution < 1.29 is 4.57 Å². The maximum atomic E-state index is 2.64. The summed E-state index contributed by atoms with van der Waals surface area (Å²) < 4.78 is 5.00. The maximum Gasteiger partial charge on any atom is 0.224 e. The number of para-hydroxylation sites is 1. The van der Waals surface area contributed by atoms with E-state index in [0.29, 0.717) is 11.3 Å². The number of aromatic nitrogens is 2. The maximum absolute atomic E-state index is 2.64. The van der Waals surface area contributed by atoms with Crippen molar-refractivity contribution in [2.24, 2.45) is 12.5 Å². The van der Waals surface area contributed by atoms with Crippen molar-refractivity contribution >= 4 is 49.0 Å². The summed E-state index contributed by atoms with van der Waals surface area (Å²) in [5.74, 6) is 0.623. The van der Waals surface area contributed by atoms with Crippen LogP contribution in [0.1, 0.15) is 62.1 Å². The zero-order valence-electron chi connectivity index (χ0n) is 24.3. The lowest BCUT2D eigenvalue weighted by atomic mass is 9.71. The van der Waals surface area contributed by atoms with Crippen LogP contribution in [0.15, 0.2) is 79.0 Å². The molecule has 0 aliphatic heterocycles. The first-order valence-corrected chi connectivity index (χ1v) is 14.9. The van der Waals surface area contributed by atoms with Crippen LogP contribution < -0.4 is 4.57 Å². The van der Waals surface area contributed by atoms with Crippen molar-refractivity contribution in [3.05, 3.63) is 95.7 Å². The first-order valence-electron chi connectivity index (χ1n) is 14.9. The van der Waals surface area contributed by atoms with Gasteiger partial charge in [-0.05, 0) is 90.6 Å². The van der Waals surface area contributed by atoms with Crippen LogP contribution in [0.25, 0.3) is 60.1 Å². The van der Waals surface area contributed by atoms with Gasteiger partial charge in [0.25, 0.3) is 0 Å². The van der Waals surface area contributed by atoms with Crippen molar-refractivity contribution in [2.75, 3.05) is 0 Å². The smallest absolute Gasteiger partial charge is 0.224 e. The number of rotatable bonds is 2. The standard InChI is InChI=1S/C38H37N2/c1-23-20-31-30-13-9-12-29(26-10-7-6-8-11-26)35(30)40-32-22-28(25-14-17-38(3,4)18-15-25)21-27-16-19-39(5)37(34(27)32)33(24(23)2)36(31)40/h6-13,16,19-22,25H,14-15,17-18H2,1-5H3/q+1. The SMILES string of the molecule is Cc1cc2c3cccc(-c4ccccc4)c3n3c4cc(C5CCC(C)(C)CC5)cc5cc[n+](C)c(c(c1C)c23)c54. The molecule has 0 atom stereocenters. The second kappa shape index (κ2) is 8.30. The fourth-order valence-corrected chi connectivity index (χ4v) is 7.78. The Morgan fingerprint density at radius 1 is 0.800 bits per heavy atom. The van der Waals surface area contributed by atoms with E-state index in [2.05, 4.69) is 123 Å². The lowest BCUT2D eigenvalue weighted by Crippen LogP contribution is -2.29. The Morgan fingerprint density at radius 2 is 1.57 bits per heavy atom. The largest absolute Gasteiger partial charge is 0.307 e. The van der Waals surface area contributed by atoms with E-state index in [1.54, 1.807) is 0 Å². The molecule has 1 aliphatic carbocycles. The highest BCUT2D eigenvalue weighted by atomic mass is 15.0. The van der Waals surface area contributed by atoms with Crippen molar-refractivity contribution in [1.29, 1.82) is 0 Å². The molecular weight excluding hydrogens is 484 g/mol. The van der Waals surface area contributed by atoms with Crippen LogP contribution in [-0.4, -0.2) is 4.40 Å². The highest BCUT2D eigenvalue weighted by Gasteiger charge is 2.30. The molecule has 0 spiro atoms. The second-order valence-corrected chi connectivity index (χ2v) is 13.2. The molecule has 8 rings (SSSR count). The van der Waals surface area contributed by atoms with Gasteiger partial charge < -0.3 is 4.40 Å². The molecule has 3 aromatic heterocycles. The van der Waals surface area contributed by atoms with Crippen LogP contribution >= 0.6 is 0 Å². The van der Waals surface area contributed by atoms with Gasteiger partial charge in [0.1, 0.15) is 7.05 Å². The lowest BCUT2D eigenvalue weighted by Gasteiger charge is -2.34. The Morgan fingerprint density at radius 3 is 2.35 bits per heavy atom. The average molecular weight is 522 g/mol. The van der Waals surface area contributed by atoms with Gasteiger partial charge in [-0.15, -0.1) is 0 Å². The van der Waals surface area contributed by atoms with Gasteiger partial charge in [-0.25, -0.2) is 4.57 Å². The number of nitrogens with zero attached hydrogens (tertiary/aromatic N) is 2. The number of benzene rings is 4. The molecule has 2 heteroatoms. The van der Waals surface area contributed by atoms with E-state index in [1.807, 2.05) is 0 Å². The summed E-state index contributed by atoms with van der Waals surface area (Å²) in [5.41, 5.74) is 12.7. The van der Waals surface area contributed by atoms with Gasteiger partial charge in [-0.1, -0.05) is 68.4 Å². The molecule has 1 aliphatic rings. The number of fused-ring (bicyclic) bond motifs is 5. The van der Waals surface area contributed by atoms with Crippen molar-refractivity contribution in [1.82, 2.24) is 4.40 Å². The summed E-state index contributed by atoms with van der Waals surface area (Å²) in [7, 11) is 2.22. The van der Waals surface area contributed by atoms with E-state index < -0.39 is 0 Å². The number of hydrogen-bond donors (Lipinski definition) is 0. The van der Waals surface area contributed by atoms with Gasteiger partial charge in [0.2, 0.25) is 5.52 Å². The molecule has 0 unspecified atom stereocenters. The first-order chi connectivity index (χ1) is 19.3. The highest BCUT2D eigenvalue weighted by molar-refractivity contribution is 6.27. The third-order valence-corrected chi connectivity index (χ3v) is 10.2. The zero-order valence-corrected chi connectivity index (χ0v) is 24.3. The average Bonchev–Trinajstić information content (AvgIpc) is 3.29. The van der Waals surface area contributed by atoms with Crippen LogP contribution in [0.2, 0.25) is 0 Å². The summed E-state index contributed by atoms with van der Waals surface area (Å²) in [4.78, 5) is 0. The minimum atomic E-state index is 0.463. The van der Waals surface area contributed by atoms with E-state index in [4.69, 9.17) is 0 Å². The molecule has 7 aromatic rings. The molecule has 198 valence electrons. The summed E-state index contributed by atoms with van der Waals surface area (Å²) in [6.45, 7) is 9.47. The summed E-state index contributed by atoms with van der Waals surface area (Å²) in [6, 6.07) is 27.7. The second-order valence-electron chi connectivity index (χ2n) is 13.2. The van der Waals surface area contributed by atoms with Gasteiger partial charge in [0, 0.05) is 22.4 Å². The molecular formula is C38H37N2+. The first kappa shape index (κ1) is 23.9. The molecule has 0 amide bonds. The molecule has 1 fully saturated rings. The van der Waals surface area contributed by atoms with Gasteiger partial charge in [-0.2, -0.15) is 0 Å². The number of pyridine rings is 2. The molecule has 4 aromatic carbocycles. The van der Waals surface area contributed by atoms with Gasteiger partial charge in [0.15, 0.2) is 6.20 Å². The van der Waals surface area contributed by atoms with Gasteiger partial charge in [-0.3, -0.25) is 0 Å². The van der Waals surface area contributed by atoms with Crippen molar-refractivity contribution in [2.45, 2.75) is 59.3 Å². The van der Waals surface area contributed by atoms with Crippen LogP contribution in [0.3, 0.4) is 0 Å². The lowest BCUT2D eigenvalue weighted by molar-refractivity contribution is -0.643. The van der Waals surface area contributed by atoms with Crippen LogP contribution in [-0.2, 0) is 7.05 Å². The third-order valence-electron chi connectivity index (χ3n) is 10.2. The Balaban J connectivity index is 1.60. The molecule has 0 saturated heterocycles. The molecule has 3 heterocycles. The van der Waals surface area contributed by atoms with Gasteiger partial charge >= 0.3 is 0 Å². The van der Waals surface area contributed by atoms with Crippen LogP contribution in [0.4, 0.5) is 0 Å². The molecule has 1 saturated carbocycles. The minimum Gasteiger partial charge on any atom is -0.307 e. The predicted octanol–water partition coefficient (Wildman–Crippen LogP) is 9.78. The molecule has 0 bridgehead atoms. The van der Waals surface area contributed by atoms with Gasteiger partial charge in [0.05, 0.1) is 27.3 Å². The topological polar surface area (TPSA) is 8.29 Å². The monoisotopic (exact) mass is 521 g/mol. The fraction of sp³-hybridized carbons (Fsp3) is 0.289. The van der Waals surface area contributed by atoms with Crippen LogP contribution in [0.5, 0.6) is 0 Å².